The van der Waals surface area contributed by atoms with Gasteiger partial charge in [0.25, 0.3) is 11.1 Å². The highest BCUT2D eigenvalue weighted by atomic mass is 32.2. The van der Waals surface area contributed by atoms with Crippen LogP contribution in [0, 0.1) is 13.8 Å². The lowest BCUT2D eigenvalue weighted by Gasteiger charge is -2.15. The number of nitrogens with zero attached hydrogens (tertiary/aromatic N) is 1. The maximum Gasteiger partial charge on any atom is 0.291 e. The molecule has 2 aromatic carbocycles. The van der Waals surface area contributed by atoms with Crippen molar-refractivity contribution in [3.8, 4) is 0 Å². The minimum atomic E-state index is -0.560. The Kier molecular flexibility index (Phi) is 4.39. The van der Waals surface area contributed by atoms with E-state index in [9.17, 15) is 9.59 Å². The first-order valence-electron chi connectivity index (χ1n) is 7.44. The average molecular weight is 326 g/mol. The quantitative estimate of drug-likeness (QED) is 0.924. The standard InChI is InChI=1S/C18H18N2O2S/c1-12-3-7-14(8-4-12)11-20-17(21)16(23-18(20)22)19-15-9-5-13(2)6-10-15/h3-10,16,19H,11H2,1-2H3/t16-/m0/s1. The van der Waals surface area contributed by atoms with E-state index in [1.54, 1.807) is 0 Å². The molecule has 1 fully saturated rings. The molecule has 0 aromatic heterocycles. The summed E-state index contributed by atoms with van der Waals surface area (Å²) in [4.78, 5) is 25.9. The van der Waals surface area contributed by atoms with Gasteiger partial charge in [0, 0.05) is 5.69 Å². The molecule has 118 valence electrons. The third-order valence-electron chi connectivity index (χ3n) is 3.74. The Balaban J connectivity index is 1.69. The lowest BCUT2D eigenvalue weighted by Crippen LogP contribution is -2.33. The molecule has 2 amide bonds. The molecule has 4 nitrogen and oxygen atoms in total. The number of carbonyl (C=O) groups is 2. The summed E-state index contributed by atoms with van der Waals surface area (Å²) in [6, 6.07) is 15.6. The molecule has 1 heterocycles. The Labute approximate surface area is 139 Å². The van der Waals surface area contributed by atoms with Crippen LogP contribution in [0.5, 0.6) is 0 Å². The van der Waals surface area contributed by atoms with Crippen LogP contribution < -0.4 is 5.32 Å². The molecular weight excluding hydrogens is 308 g/mol. The molecule has 0 unspecified atom stereocenters. The number of imide groups is 1. The summed E-state index contributed by atoms with van der Waals surface area (Å²) in [5, 5.41) is 2.36. The monoisotopic (exact) mass is 326 g/mol. The average Bonchev–Trinajstić information content (AvgIpc) is 2.79. The maximum atomic E-state index is 12.5. The highest BCUT2D eigenvalue weighted by Crippen LogP contribution is 2.29. The van der Waals surface area contributed by atoms with E-state index >= 15 is 0 Å². The lowest BCUT2D eigenvalue weighted by molar-refractivity contribution is -0.126. The molecule has 0 bridgehead atoms. The van der Waals surface area contributed by atoms with Gasteiger partial charge in [0.1, 0.15) is 0 Å². The van der Waals surface area contributed by atoms with Crippen LogP contribution in [0.4, 0.5) is 10.5 Å². The van der Waals surface area contributed by atoms with E-state index in [-0.39, 0.29) is 11.1 Å². The van der Waals surface area contributed by atoms with Crippen LogP contribution in [-0.4, -0.2) is 21.4 Å². The molecule has 1 aliphatic rings. The Bertz CT molecular complexity index is 726. The Morgan fingerprint density at radius 2 is 1.52 bits per heavy atom. The van der Waals surface area contributed by atoms with Crippen LogP contribution >= 0.6 is 11.8 Å². The second kappa shape index (κ2) is 6.46. The lowest BCUT2D eigenvalue weighted by atomic mass is 10.1. The third kappa shape index (κ3) is 3.56. The highest BCUT2D eigenvalue weighted by molar-refractivity contribution is 8.15. The van der Waals surface area contributed by atoms with Crippen molar-refractivity contribution in [1.82, 2.24) is 4.90 Å². The fourth-order valence-electron chi connectivity index (χ4n) is 2.36. The predicted molar refractivity (Wildman–Crippen MR) is 93.3 cm³/mol. The van der Waals surface area contributed by atoms with Gasteiger partial charge in [0.15, 0.2) is 5.37 Å². The smallest absolute Gasteiger partial charge is 0.291 e. The molecular formula is C18H18N2O2S. The number of benzene rings is 2. The summed E-state index contributed by atoms with van der Waals surface area (Å²) in [7, 11) is 0. The SMILES string of the molecule is Cc1ccc(CN2C(=O)S[C@H](Nc3ccc(C)cc3)C2=O)cc1. The first-order valence-corrected chi connectivity index (χ1v) is 8.31. The second-order valence-electron chi connectivity index (χ2n) is 5.68. The maximum absolute atomic E-state index is 12.5. The number of anilines is 1. The summed E-state index contributed by atoms with van der Waals surface area (Å²) in [6.45, 7) is 4.33. The van der Waals surface area contributed by atoms with Gasteiger partial charge in [0.05, 0.1) is 6.54 Å². The minimum Gasteiger partial charge on any atom is -0.365 e. The van der Waals surface area contributed by atoms with E-state index in [0.717, 1.165) is 34.1 Å². The van der Waals surface area contributed by atoms with Crippen molar-refractivity contribution < 1.29 is 9.59 Å². The number of hydrogen-bond acceptors (Lipinski definition) is 4. The predicted octanol–water partition coefficient (Wildman–Crippen LogP) is 3.94. The van der Waals surface area contributed by atoms with Crippen LogP contribution in [0.25, 0.3) is 0 Å². The number of rotatable bonds is 4. The van der Waals surface area contributed by atoms with Gasteiger partial charge in [-0.3, -0.25) is 14.5 Å². The van der Waals surface area contributed by atoms with E-state index < -0.39 is 5.37 Å². The number of amides is 2. The van der Waals surface area contributed by atoms with Crippen molar-refractivity contribution >= 4 is 28.6 Å². The summed E-state index contributed by atoms with van der Waals surface area (Å²) in [5.41, 5.74) is 4.10. The van der Waals surface area contributed by atoms with Gasteiger partial charge in [-0.2, -0.15) is 0 Å². The van der Waals surface area contributed by atoms with Gasteiger partial charge in [-0.15, -0.1) is 0 Å². The molecule has 0 spiro atoms. The fourth-order valence-corrected chi connectivity index (χ4v) is 3.26. The summed E-state index contributed by atoms with van der Waals surface area (Å²) < 4.78 is 0. The zero-order valence-corrected chi connectivity index (χ0v) is 13.9. The molecule has 3 rings (SSSR count). The number of thioether (sulfide) groups is 1. The molecule has 0 radical (unpaired) electrons. The van der Waals surface area contributed by atoms with Crippen molar-refractivity contribution in [2.75, 3.05) is 5.32 Å². The minimum absolute atomic E-state index is 0.193. The third-order valence-corrected chi connectivity index (χ3v) is 4.72. The zero-order valence-electron chi connectivity index (χ0n) is 13.1. The van der Waals surface area contributed by atoms with Crippen molar-refractivity contribution in [1.29, 1.82) is 0 Å². The number of hydrogen-bond donors (Lipinski definition) is 1. The molecule has 1 N–H and O–H groups in total. The van der Waals surface area contributed by atoms with Gasteiger partial charge in [-0.05, 0) is 43.3 Å². The van der Waals surface area contributed by atoms with Gasteiger partial charge >= 0.3 is 0 Å². The van der Waals surface area contributed by atoms with Crippen molar-refractivity contribution in [3.63, 3.8) is 0 Å². The van der Waals surface area contributed by atoms with Crippen molar-refractivity contribution in [3.05, 3.63) is 65.2 Å². The number of carbonyl (C=O) groups excluding carboxylic acids is 2. The van der Waals surface area contributed by atoms with Gasteiger partial charge in [-0.25, -0.2) is 0 Å². The van der Waals surface area contributed by atoms with E-state index in [1.807, 2.05) is 62.4 Å². The van der Waals surface area contributed by atoms with Gasteiger partial charge in [-0.1, -0.05) is 47.5 Å². The largest absolute Gasteiger partial charge is 0.365 e. The summed E-state index contributed by atoms with van der Waals surface area (Å²) in [5.74, 6) is -0.193. The first-order chi connectivity index (χ1) is 11.0. The van der Waals surface area contributed by atoms with Crippen molar-refractivity contribution in [2.45, 2.75) is 25.8 Å². The van der Waals surface area contributed by atoms with Gasteiger partial charge in [0.2, 0.25) is 0 Å². The second-order valence-corrected chi connectivity index (χ2v) is 6.74. The molecule has 5 heteroatoms. The summed E-state index contributed by atoms with van der Waals surface area (Å²) in [6.07, 6.45) is 0. The molecule has 0 aliphatic carbocycles. The number of aryl methyl sites for hydroxylation is 2. The van der Waals surface area contributed by atoms with Crippen molar-refractivity contribution in [2.24, 2.45) is 0 Å². The fraction of sp³-hybridized carbons (Fsp3) is 0.222. The Morgan fingerprint density at radius 1 is 0.957 bits per heavy atom. The molecule has 1 saturated heterocycles. The molecule has 1 aliphatic heterocycles. The van der Waals surface area contributed by atoms with Crippen LogP contribution in [0.2, 0.25) is 0 Å². The highest BCUT2D eigenvalue weighted by Gasteiger charge is 2.39. The summed E-state index contributed by atoms with van der Waals surface area (Å²) >= 11 is 1.03. The van der Waals surface area contributed by atoms with Crippen LogP contribution in [0.3, 0.4) is 0 Å². The molecule has 2 aromatic rings. The molecule has 1 atom stereocenters. The van der Waals surface area contributed by atoms with Gasteiger partial charge < -0.3 is 5.32 Å². The molecule has 0 saturated carbocycles. The van der Waals surface area contributed by atoms with E-state index in [4.69, 9.17) is 0 Å². The van der Waals surface area contributed by atoms with Crippen LogP contribution in [0.1, 0.15) is 16.7 Å². The normalized spacial score (nSPS) is 17.7. The van der Waals surface area contributed by atoms with Crippen LogP contribution in [0.15, 0.2) is 48.5 Å². The Hall–Kier alpha value is -2.27. The topological polar surface area (TPSA) is 49.4 Å². The Morgan fingerprint density at radius 3 is 2.13 bits per heavy atom. The van der Waals surface area contributed by atoms with E-state index in [0.29, 0.717) is 6.54 Å². The molecule has 23 heavy (non-hydrogen) atoms. The number of nitrogens with one attached hydrogen (secondary N) is 1. The van der Waals surface area contributed by atoms with Crippen LogP contribution in [-0.2, 0) is 11.3 Å². The first kappa shape index (κ1) is 15.6. The zero-order chi connectivity index (χ0) is 16.4. The van der Waals surface area contributed by atoms with E-state index in [1.165, 1.54) is 4.90 Å². The van der Waals surface area contributed by atoms with E-state index in [2.05, 4.69) is 5.32 Å².